The summed E-state index contributed by atoms with van der Waals surface area (Å²) in [6, 6.07) is 0. The van der Waals surface area contributed by atoms with Crippen molar-refractivity contribution in [3.8, 4) is 0 Å². The topological polar surface area (TPSA) is 29.3 Å². The van der Waals surface area contributed by atoms with Gasteiger partial charge in [0, 0.05) is 17.8 Å². The largest absolute Gasteiger partial charge is 0.329 e. The highest BCUT2D eigenvalue weighted by atomic mass is 32.2. The molecule has 88 valence electrons. The molecule has 0 bridgehead atoms. The van der Waals surface area contributed by atoms with Crippen molar-refractivity contribution in [2.45, 2.75) is 38.1 Å². The predicted octanol–water partition coefficient (Wildman–Crippen LogP) is 1.94. The summed E-state index contributed by atoms with van der Waals surface area (Å²) in [6.07, 6.45) is 5.45. The van der Waals surface area contributed by atoms with Crippen molar-refractivity contribution >= 4 is 11.8 Å². The Balaban J connectivity index is 1.93. The molecule has 0 saturated carbocycles. The molecule has 0 radical (unpaired) electrons. The van der Waals surface area contributed by atoms with E-state index in [9.17, 15) is 0 Å². The summed E-state index contributed by atoms with van der Waals surface area (Å²) in [7, 11) is 0. The second-order valence-electron chi connectivity index (χ2n) is 5.07. The normalized spacial score (nSPS) is 34.8. The molecule has 2 aliphatic rings. The number of likely N-dealkylation sites (tertiary alicyclic amines) is 1. The molecule has 2 heterocycles. The molecule has 1 unspecified atom stereocenters. The molecule has 3 heteroatoms. The maximum Gasteiger partial charge on any atom is 0.0429 e. The van der Waals surface area contributed by atoms with Crippen LogP contribution in [-0.4, -0.2) is 41.6 Å². The van der Waals surface area contributed by atoms with E-state index in [4.69, 9.17) is 5.73 Å². The number of thioether (sulfide) groups is 1. The first kappa shape index (κ1) is 11.7. The van der Waals surface area contributed by atoms with E-state index in [1.165, 1.54) is 50.3 Å². The van der Waals surface area contributed by atoms with Crippen LogP contribution in [0, 0.1) is 5.92 Å². The van der Waals surface area contributed by atoms with E-state index >= 15 is 0 Å². The van der Waals surface area contributed by atoms with E-state index < -0.39 is 0 Å². The van der Waals surface area contributed by atoms with Gasteiger partial charge in [0.25, 0.3) is 0 Å². The first-order valence-electron chi connectivity index (χ1n) is 6.33. The van der Waals surface area contributed by atoms with Crippen molar-refractivity contribution in [3.63, 3.8) is 0 Å². The van der Waals surface area contributed by atoms with E-state index in [2.05, 4.69) is 23.6 Å². The summed E-state index contributed by atoms with van der Waals surface area (Å²) in [5.74, 6) is 3.55. The van der Waals surface area contributed by atoms with Gasteiger partial charge in [-0.2, -0.15) is 11.8 Å². The minimum absolute atomic E-state index is 0.364. The quantitative estimate of drug-likeness (QED) is 0.800. The lowest BCUT2D eigenvalue weighted by atomic mass is 9.88. The first-order valence-corrected chi connectivity index (χ1v) is 7.49. The van der Waals surface area contributed by atoms with Crippen molar-refractivity contribution in [1.82, 2.24) is 4.90 Å². The standard InChI is InChI=1S/C12H24N2S/c1-2-11-3-6-14(7-4-11)12(9-13)5-8-15-10-12/h11H,2-10,13H2,1H3. The average molecular weight is 228 g/mol. The van der Waals surface area contributed by atoms with Crippen molar-refractivity contribution in [2.75, 3.05) is 31.1 Å². The number of hydrogen-bond acceptors (Lipinski definition) is 3. The Kier molecular flexibility index (Phi) is 3.97. The summed E-state index contributed by atoms with van der Waals surface area (Å²) in [4.78, 5) is 2.69. The zero-order valence-corrected chi connectivity index (χ0v) is 10.7. The van der Waals surface area contributed by atoms with Crippen LogP contribution >= 0.6 is 11.8 Å². The van der Waals surface area contributed by atoms with Gasteiger partial charge in [0.15, 0.2) is 0 Å². The fourth-order valence-electron chi connectivity index (χ4n) is 2.95. The Labute approximate surface area is 98.0 Å². The summed E-state index contributed by atoms with van der Waals surface area (Å²) in [6.45, 7) is 5.76. The molecular weight excluding hydrogens is 204 g/mol. The number of nitrogens with zero attached hydrogens (tertiary/aromatic N) is 1. The molecule has 1 atom stereocenters. The highest BCUT2D eigenvalue weighted by Crippen LogP contribution is 2.35. The number of hydrogen-bond donors (Lipinski definition) is 1. The molecule has 2 rings (SSSR count). The Hall–Kier alpha value is 0.270. The van der Waals surface area contributed by atoms with Crippen LogP contribution in [0.4, 0.5) is 0 Å². The molecule has 0 aromatic rings. The Bertz CT molecular complexity index is 194. The third-order valence-electron chi connectivity index (χ3n) is 4.33. The predicted molar refractivity (Wildman–Crippen MR) is 68.3 cm³/mol. The van der Waals surface area contributed by atoms with Gasteiger partial charge in [-0.3, -0.25) is 4.90 Å². The maximum atomic E-state index is 6.01. The molecule has 2 N–H and O–H groups in total. The number of nitrogens with two attached hydrogens (primary N) is 1. The average Bonchev–Trinajstić information content (AvgIpc) is 2.79. The Morgan fingerprint density at radius 2 is 2.13 bits per heavy atom. The van der Waals surface area contributed by atoms with E-state index in [-0.39, 0.29) is 0 Å². The Morgan fingerprint density at radius 1 is 1.40 bits per heavy atom. The van der Waals surface area contributed by atoms with Crippen molar-refractivity contribution in [1.29, 1.82) is 0 Å². The second-order valence-corrected chi connectivity index (χ2v) is 6.17. The minimum atomic E-state index is 0.364. The lowest BCUT2D eigenvalue weighted by molar-refractivity contribution is 0.0718. The van der Waals surface area contributed by atoms with Gasteiger partial charge in [0.2, 0.25) is 0 Å². The molecule has 2 fully saturated rings. The van der Waals surface area contributed by atoms with Crippen molar-refractivity contribution in [3.05, 3.63) is 0 Å². The zero-order valence-electron chi connectivity index (χ0n) is 9.87. The molecule has 2 nitrogen and oxygen atoms in total. The molecule has 0 aromatic heterocycles. The molecule has 0 amide bonds. The van der Waals surface area contributed by atoms with Gasteiger partial charge in [-0.05, 0) is 44.0 Å². The number of rotatable bonds is 3. The van der Waals surface area contributed by atoms with Gasteiger partial charge in [-0.1, -0.05) is 13.3 Å². The number of piperidine rings is 1. The van der Waals surface area contributed by atoms with Gasteiger partial charge >= 0.3 is 0 Å². The van der Waals surface area contributed by atoms with Crippen LogP contribution in [0.3, 0.4) is 0 Å². The van der Waals surface area contributed by atoms with Crippen LogP contribution in [0.1, 0.15) is 32.6 Å². The fraction of sp³-hybridized carbons (Fsp3) is 1.00. The summed E-state index contributed by atoms with van der Waals surface area (Å²) in [5.41, 5.74) is 6.38. The molecule has 0 spiro atoms. The molecule has 0 aromatic carbocycles. The Morgan fingerprint density at radius 3 is 2.60 bits per heavy atom. The lowest BCUT2D eigenvalue weighted by Gasteiger charge is -2.44. The van der Waals surface area contributed by atoms with Gasteiger partial charge < -0.3 is 5.73 Å². The summed E-state index contributed by atoms with van der Waals surface area (Å²) in [5, 5.41) is 0. The van der Waals surface area contributed by atoms with Gasteiger partial charge in [0.1, 0.15) is 0 Å². The first-order chi connectivity index (χ1) is 7.30. The van der Waals surface area contributed by atoms with E-state index in [0.717, 1.165) is 12.5 Å². The smallest absolute Gasteiger partial charge is 0.0429 e. The van der Waals surface area contributed by atoms with Crippen LogP contribution in [0.25, 0.3) is 0 Å². The van der Waals surface area contributed by atoms with Gasteiger partial charge in [-0.15, -0.1) is 0 Å². The highest BCUT2D eigenvalue weighted by molar-refractivity contribution is 7.99. The van der Waals surface area contributed by atoms with Crippen LogP contribution in [0.5, 0.6) is 0 Å². The molecule has 0 aliphatic carbocycles. The van der Waals surface area contributed by atoms with Gasteiger partial charge in [0.05, 0.1) is 0 Å². The fourth-order valence-corrected chi connectivity index (χ4v) is 4.44. The van der Waals surface area contributed by atoms with Crippen LogP contribution in [-0.2, 0) is 0 Å². The highest BCUT2D eigenvalue weighted by Gasteiger charge is 2.39. The maximum absolute atomic E-state index is 6.01. The van der Waals surface area contributed by atoms with E-state index in [1.807, 2.05) is 0 Å². The van der Waals surface area contributed by atoms with Crippen LogP contribution in [0.15, 0.2) is 0 Å². The molecule has 15 heavy (non-hydrogen) atoms. The SMILES string of the molecule is CCC1CCN(C2(CN)CCSC2)CC1. The molecular formula is C12H24N2S. The summed E-state index contributed by atoms with van der Waals surface area (Å²) < 4.78 is 0. The molecule has 2 aliphatic heterocycles. The monoisotopic (exact) mass is 228 g/mol. The minimum Gasteiger partial charge on any atom is -0.329 e. The van der Waals surface area contributed by atoms with E-state index in [1.54, 1.807) is 0 Å². The second kappa shape index (κ2) is 5.07. The van der Waals surface area contributed by atoms with Crippen LogP contribution in [0.2, 0.25) is 0 Å². The van der Waals surface area contributed by atoms with Crippen molar-refractivity contribution < 1.29 is 0 Å². The molecule has 2 saturated heterocycles. The van der Waals surface area contributed by atoms with Gasteiger partial charge in [-0.25, -0.2) is 0 Å². The van der Waals surface area contributed by atoms with Crippen molar-refractivity contribution in [2.24, 2.45) is 11.7 Å². The summed E-state index contributed by atoms with van der Waals surface area (Å²) >= 11 is 2.08. The zero-order chi connectivity index (χ0) is 10.7. The van der Waals surface area contributed by atoms with Crippen LogP contribution < -0.4 is 5.73 Å². The lowest BCUT2D eigenvalue weighted by Crippen LogP contribution is -2.56. The third kappa shape index (κ3) is 2.34. The van der Waals surface area contributed by atoms with E-state index in [0.29, 0.717) is 5.54 Å². The third-order valence-corrected chi connectivity index (χ3v) is 5.56.